The van der Waals surface area contributed by atoms with Crippen LogP contribution in [-0.4, -0.2) is 29.6 Å². The van der Waals surface area contributed by atoms with Crippen molar-refractivity contribution < 1.29 is 24.2 Å². The van der Waals surface area contributed by atoms with Crippen LogP contribution in [0, 0.1) is 0 Å². The van der Waals surface area contributed by atoms with E-state index >= 15 is 0 Å². The summed E-state index contributed by atoms with van der Waals surface area (Å²) in [6, 6.07) is 4.27. The molecule has 1 aromatic carbocycles. The van der Waals surface area contributed by atoms with Gasteiger partial charge in [-0.3, -0.25) is 9.59 Å². The number of carboxylic acid groups (broad SMARTS) is 1. The Labute approximate surface area is 120 Å². The molecule has 20 heavy (non-hydrogen) atoms. The SMILES string of the molecule is CCOC(=O)CCC(=O)Nc1c(Cl)cccc1C(=O)O. The molecule has 0 saturated carbocycles. The van der Waals surface area contributed by atoms with Crippen molar-refractivity contribution in [3.8, 4) is 0 Å². The molecule has 6 nitrogen and oxygen atoms in total. The van der Waals surface area contributed by atoms with Crippen LogP contribution in [0.1, 0.15) is 30.1 Å². The van der Waals surface area contributed by atoms with Gasteiger partial charge in [0, 0.05) is 6.42 Å². The van der Waals surface area contributed by atoms with Gasteiger partial charge in [-0.1, -0.05) is 17.7 Å². The Morgan fingerprint density at radius 1 is 1.30 bits per heavy atom. The van der Waals surface area contributed by atoms with E-state index in [1.165, 1.54) is 18.2 Å². The van der Waals surface area contributed by atoms with E-state index in [-0.39, 0.29) is 35.7 Å². The highest BCUT2D eigenvalue weighted by Gasteiger charge is 2.16. The largest absolute Gasteiger partial charge is 0.478 e. The summed E-state index contributed by atoms with van der Waals surface area (Å²) in [6.45, 7) is 1.91. The monoisotopic (exact) mass is 299 g/mol. The topological polar surface area (TPSA) is 92.7 Å². The minimum absolute atomic E-state index is 0.0236. The van der Waals surface area contributed by atoms with Crippen molar-refractivity contribution >= 4 is 35.1 Å². The molecule has 0 aliphatic heterocycles. The first kappa shape index (κ1) is 16.0. The number of benzene rings is 1. The lowest BCUT2D eigenvalue weighted by atomic mass is 10.1. The maximum Gasteiger partial charge on any atom is 0.337 e. The van der Waals surface area contributed by atoms with Gasteiger partial charge in [0.2, 0.25) is 5.91 Å². The third kappa shape index (κ3) is 4.55. The Kier molecular flexibility index (Phi) is 5.99. The summed E-state index contributed by atoms with van der Waals surface area (Å²) >= 11 is 5.86. The van der Waals surface area contributed by atoms with Crippen LogP contribution < -0.4 is 5.32 Å². The number of carboxylic acids is 1. The Hall–Kier alpha value is -2.08. The van der Waals surface area contributed by atoms with E-state index < -0.39 is 17.8 Å². The van der Waals surface area contributed by atoms with E-state index in [2.05, 4.69) is 10.1 Å². The number of rotatable bonds is 6. The number of aromatic carboxylic acids is 1. The van der Waals surface area contributed by atoms with E-state index in [4.69, 9.17) is 16.7 Å². The van der Waals surface area contributed by atoms with Crippen molar-refractivity contribution in [3.05, 3.63) is 28.8 Å². The van der Waals surface area contributed by atoms with E-state index in [1.807, 2.05) is 0 Å². The van der Waals surface area contributed by atoms with E-state index in [0.29, 0.717) is 0 Å². The number of nitrogens with one attached hydrogen (secondary N) is 1. The molecule has 0 bridgehead atoms. The summed E-state index contributed by atoms with van der Waals surface area (Å²) in [7, 11) is 0. The average Bonchev–Trinajstić information content (AvgIpc) is 2.39. The molecular weight excluding hydrogens is 286 g/mol. The molecule has 0 atom stereocenters. The predicted octanol–water partition coefficient (Wildman–Crippen LogP) is 2.32. The van der Waals surface area contributed by atoms with Crippen LogP contribution in [0.5, 0.6) is 0 Å². The van der Waals surface area contributed by atoms with Crippen molar-refractivity contribution in [1.29, 1.82) is 0 Å². The average molecular weight is 300 g/mol. The van der Waals surface area contributed by atoms with Gasteiger partial charge in [-0.15, -0.1) is 0 Å². The highest BCUT2D eigenvalue weighted by atomic mass is 35.5. The second-order valence-electron chi connectivity index (χ2n) is 3.82. The molecule has 0 heterocycles. The van der Waals surface area contributed by atoms with E-state index in [9.17, 15) is 14.4 Å². The summed E-state index contributed by atoms with van der Waals surface area (Å²) in [5, 5.41) is 11.5. The summed E-state index contributed by atoms with van der Waals surface area (Å²) in [5.41, 5.74) is -0.0856. The smallest absolute Gasteiger partial charge is 0.337 e. The normalized spacial score (nSPS) is 9.90. The number of anilines is 1. The molecule has 1 amide bonds. The Balaban J connectivity index is 2.71. The predicted molar refractivity (Wildman–Crippen MR) is 72.9 cm³/mol. The number of carbonyl (C=O) groups is 3. The summed E-state index contributed by atoms with van der Waals surface area (Å²) in [4.78, 5) is 33.8. The van der Waals surface area contributed by atoms with Gasteiger partial charge in [-0.25, -0.2) is 4.79 Å². The minimum atomic E-state index is -1.20. The second-order valence-corrected chi connectivity index (χ2v) is 4.23. The minimum Gasteiger partial charge on any atom is -0.478 e. The van der Waals surface area contributed by atoms with Gasteiger partial charge in [-0.2, -0.15) is 0 Å². The first-order chi connectivity index (χ1) is 9.45. The van der Waals surface area contributed by atoms with Crippen molar-refractivity contribution in [2.45, 2.75) is 19.8 Å². The fourth-order valence-corrected chi connectivity index (χ4v) is 1.70. The molecular formula is C13H14ClNO5. The standard InChI is InChI=1S/C13H14ClNO5/c1-2-20-11(17)7-6-10(16)15-12-8(13(18)19)4-3-5-9(12)14/h3-5H,2,6-7H2,1H3,(H,15,16)(H,18,19). The molecule has 2 N–H and O–H groups in total. The van der Waals surface area contributed by atoms with Crippen LogP contribution in [0.2, 0.25) is 5.02 Å². The summed E-state index contributed by atoms with van der Waals surface area (Å²) in [5.74, 6) is -2.19. The van der Waals surface area contributed by atoms with Crippen molar-refractivity contribution in [1.82, 2.24) is 0 Å². The molecule has 0 aliphatic rings. The van der Waals surface area contributed by atoms with Crippen molar-refractivity contribution in [2.24, 2.45) is 0 Å². The van der Waals surface area contributed by atoms with Crippen molar-refractivity contribution in [3.63, 3.8) is 0 Å². The fourth-order valence-electron chi connectivity index (χ4n) is 1.48. The van der Waals surface area contributed by atoms with Crippen molar-refractivity contribution in [2.75, 3.05) is 11.9 Å². The molecule has 1 aromatic rings. The first-order valence-electron chi connectivity index (χ1n) is 5.93. The number of ether oxygens (including phenoxy) is 1. The molecule has 0 fully saturated rings. The van der Waals surface area contributed by atoms with Crippen LogP contribution in [0.15, 0.2) is 18.2 Å². The fraction of sp³-hybridized carbons (Fsp3) is 0.308. The molecule has 0 saturated heterocycles. The molecule has 7 heteroatoms. The van der Waals surface area contributed by atoms with Crippen LogP contribution in [-0.2, 0) is 14.3 Å². The van der Waals surface area contributed by atoms with Crippen LogP contribution in [0.4, 0.5) is 5.69 Å². The van der Waals surface area contributed by atoms with Gasteiger partial charge in [0.1, 0.15) is 0 Å². The lowest BCUT2D eigenvalue weighted by Gasteiger charge is -2.10. The Morgan fingerprint density at radius 3 is 2.60 bits per heavy atom. The number of hydrogen-bond donors (Lipinski definition) is 2. The quantitative estimate of drug-likeness (QED) is 0.786. The highest BCUT2D eigenvalue weighted by Crippen LogP contribution is 2.26. The molecule has 108 valence electrons. The number of carbonyl (C=O) groups excluding carboxylic acids is 2. The highest BCUT2D eigenvalue weighted by molar-refractivity contribution is 6.34. The zero-order valence-corrected chi connectivity index (χ0v) is 11.6. The lowest BCUT2D eigenvalue weighted by molar-refractivity contribution is -0.144. The second kappa shape index (κ2) is 7.49. The van der Waals surface area contributed by atoms with Gasteiger partial charge in [0.15, 0.2) is 0 Å². The van der Waals surface area contributed by atoms with Crippen LogP contribution in [0.3, 0.4) is 0 Å². The molecule has 1 rings (SSSR count). The van der Waals surface area contributed by atoms with Gasteiger partial charge in [-0.05, 0) is 19.1 Å². The van der Waals surface area contributed by atoms with Crippen LogP contribution >= 0.6 is 11.6 Å². The van der Waals surface area contributed by atoms with Gasteiger partial charge in [0.05, 0.1) is 29.3 Å². The van der Waals surface area contributed by atoms with Crippen LogP contribution in [0.25, 0.3) is 0 Å². The molecule has 0 aliphatic carbocycles. The number of hydrogen-bond acceptors (Lipinski definition) is 4. The number of esters is 1. The zero-order valence-electron chi connectivity index (χ0n) is 10.8. The molecule has 0 spiro atoms. The Morgan fingerprint density at radius 2 is 2.00 bits per heavy atom. The first-order valence-corrected chi connectivity index (χ1v) is 6.30. The van der Waals surface area contributed by atoms with Gasteiger partial charge in [0.25, 0.3) is 0 Å². The van der Waals surface area contributed by atoms with Gasteiger partial charge >= 0.3 is 11.9 Å². The molecule has 0 radical (unpaired) electrons. The van der Waals surface area contributed by atoms with E-state index in [0.717, 1.165) is 0 Å². The summed E-state index contributed by atoms with van der Waals surface area (Å²) < 4.78 is 4.69. The summed E-state index contributed by atoms with van der Waals surface area (Å²) in [6.07, 6.45) is -0.185. The Bertz CT molecular complexity index is 529. The number of para-hydroxylation sites is 1. The molecule has 0 aromatic heterocycles. The lowest BCUT2D eigenvalue weighted by Crippen LogP contribution is -2.17. The zero-order chi connectivity index (χ0) is 15.1. The van der Waals surface area contributed by atoms with E-state index in [1.54, 1.807) is 6.92 Å². The number of halogens is 1. The maximum absolute atomic E-state index is 11.7. The van der Waals surface area contributed by atoms with Gasteiger partial charge < -0.3 is 15.2 Å². The molecule has 0 unspecified atom stereocenters. The third-order valence-electron chi connectivity index (χ3n) is 2.37. The number of amides is 1. The maximum atomic E-state index is 11.7. The third-order valence-corrected chi connectivity index (χ3v) is 2.68.